The number of nitrogens with zero attached hydrogens (tertiary/aromatic N) is 5. The molecule has 1 aromatic carbocycles. The molecule has 0 saturated carbocycles. The van der Waals surface area contributed by atoms with Gasteiger partial charge in [0.05, 0.1) is 0 Å². The Bertz CT molecular complexity index is 680. The smallest absolute Gasteiger partial charge is 0.262 e. The number of tetrazole rings is 1. The molecule has 0 spiro atoms. The van der Waals surface area contributed by atoms with Gasteiger partial charge >= 0.3 is 0 Å². The second-order valence-electron chi connectivity index (χ2n) is 5.32. The average molecular weight is 313 g/mol. The highest BCUT2D eigenvalue weighted by molar-refractivity contribution is 5.85. The highest BCUT2D eigenvalue weighted by Gasteiger charge is 2.10. The van der Waals surface area contributed by atoms with Gasteiger partial charge in [0.2, 0.25) is 5.82 Å². The molecule has 8 heteroatoms. The van der Waals surface area contributed by atoms with Crippen LogP contribution in [0, 0.1) is 0 Å². The maximum Gasteiger partial charge on any atom is 0.262 e. The molecule has 2 heterocycles. The fraction of sp³-hybridized carbons (Fsp3) is 0.400. The molecular formula is C15H19N7O. The Kier molecular flexibility index (Phi) is 4.92. The van der Waals surface area contributed by atoms with Gasteiger partial charge in [-0.15, -0.1) is 10.2 Å². The third-order valence-electron chi connectivity index (χ3n) is 3.49. The van der Waals surface area contributed by atoms with Crippen molar-refractivity contribution in [1.82, 2.24) is 31.1 Å². The van der Waals surface area contributed by atoms with Gasteiger partial charge in [-0.2, -0.15) is 4.80 Å². The first-order valence-electron chi connectivity index (χ1n) is 7.73. The van der Waals surface area contributed by atoms with E-state index in [1.54, 1.807) is 0 Å². The van der Waals surface area contributed by atoms with Crippen molar-refractivity contribution in [2.24, 2.45) is 4.99 Å². The molecule has 0 saturated heterocycles. The van der Waals surface area contributed by atoms with Gasteiger partial charge < -0.3 is 0 Å². The predicted molar refractivity (Wildman–Crippen MR) is 85.3 cm³/mol. The molecule has 1 aliphatic heterocycles. The molecule has 0 atom stereocenters. The van der Waals surface area contributed by atoms with Crippen LogP contribution in [0.1, 0.15) is 25.7 Å². The van der Waals surface area contributed by atoms with Gasteiger partial charge in [-0.05, 0) is 18.1 Å². The third kappa shape index (κ3) is 4.35. The Morgan fingerprint density at radius 1 is 1.17 bits per heavy atom. The minimum Gasteiger partial charge on any atom is -0.286 e. The summed E-state index contributed by atoms with van der Waals surface area (Å²) in [7, 11) is 0. The summed E-state index contributed by atoms with van der Waals surface area (Å²) >= 11 is 0. The molecule has 120 valence electrons. The van der Waals surface area contributed by atoms with Crippen LogP contribution < -0.4 is 10.9 Å². The number of amides is 1. The first kappa shape index (κ1) is 15.1. The zero-order chi connectivity index (χ0) is 15.9. The number of hydrazine groups is 1. The predicted octanol–water partition coefficient (Wildman–Crippen LogP) is 0.933. The molecule has 0 aliphatic carbocycles. The number of hydrogen-bond acceptors (Lipinski definition) is 6. The second kappa shape index (κ2) is 7.48. The molecule has 8 nitrogen and oxygen atoms in total. The number of carbonyl (C=O) groups is 1. The molecule has 1 aliphatic rings. The second-order valence-corrected chi connectivity index (χ2v) is 5.32. The Hall–Kier alpha value is -2.77. The van der Waals surface area contributed by atoms with Crippen molar-refractivity contribution in [3.8, 4) is 11.4 Å². The van der Waals surface area contributed by atoms with Crippen LogP contribution in [0.2, 0.25) is 0 Å². The van der Waals surface area contributed by atoms with Gasteiger partial charge in [0.25, 0.3) is 5.91 Å². The normalized spacial score (nSPS) is 14.7. The highest BCUT2D eigenvalue weighted by Crippen LogP contribution is 2.11. The third-order valence-corrected chi connectivity index (χ3v) is 3.49. The maximum absolute atomic E-state index is 11.9. The summed E-state index contributed by atoms with van der Waals surface area (Å²) in [5.41, 5.74) is 6.38. The first-order chi connectivity index (χ1) is 11.3. The molecule has 2 N–H and O–H groups in total. The summed E-state index contributed by atoms with van der Waals surface area (Å²) in [6.07, 6.45) is 4.23. The van der Waals surface area contributed by atoms with Crippen LogP contribution in [0.4, 0.5) is 0 Å². The standard InChI is InChI=1S/C15H19N7O/c23-14(18-17-13-9-5-2-6-10-16-13)11-22-20-15(19-21-22)12-7-3-1-4-8-12/h1,3-4,7-8H,2,5-6,9-11H2,(H,16,17)(H,18,23). The lowest BCUT2D eigenvalue weighted by atomic mass is 10.2. The van der Waals surface area contributed by atoms with Crippen molar-refractivity contribution in [1.29, 1.82) is 0 Å². The summed E-state index contributed by atoms with van der Waals surface area (Å²) < 4.78 is 0. The summed E-state index contributed by atoms with van der Waals surface area (Å²) in [6, 6.07) is 9.52. The number of benzene rings is 1. The number of aromatic nitrogens is 4. The van der Waals surface area contributed by atoms with E-state index in [-0.39, 0.29) is 12.5 Å². The van der Waals surface area contributed by atoms with Crippen LogP contribution in [-0.2, 0) is 11.3 Å². The quantitative estimate of drug-likeness (QED) is 0.822. The Labute approximate surface area is 134 Å². The molecule has 0 radical (unpaired) electrons. The minimum atomic E-state index is -0.242. The van der Waals surface area contributed by atoms with Gasteiger partial charge in [-0.3, -0.25) is 20.6 Å². The number of nitrogens with one attached hydrogen (secondary N) is 2. The van der Waals surface area contributed by atoms with Crippen molar-refractivity contribution >= 4 is 11.7 Å². The van der Waals surface area contributed by atoms with Gasteiger partial charge in [-0.25, -0.2) is 0 Å². The van der Waals surface area contributed by atoms with Gasteiger partial charge in [0.1, 0.15) is 12.4 Å². The molecule has 23 heavy (non-hydrogen) atoms. The van der Waals surface area contributed by atoms with Gasteiger partial charge in [-0.1, -0.05) is 36.8 Å². The first-order valence-corrected chi connectivity index (χ1v) is 7.73. The molecule has 0 fully saturated rings. The molecule has 3 rings (SSSR count). The summed E-state index contributed by atoms with van der Waals surface area (Å²) in [5.74, 6) is 1.08. The van der Waals surface area contributed by atoms with Crippen LogP contribution >= 0.6 is 0 Å². The molecule has 1 aromatic heterocycles. The van der Waals surface area contributed by atoms with Crippen LogP contribution in [0.5, 0.6) is 0 Å². The largest absolute Gasteiger partial charge is 0.286 e. The summed E-state index contributed by atoms with van der Waals surface area (Å²) in [6.45, 7) is 0.809. The van der Waals surface area contributed by atoms with E-state index in [0.29, 0.717) is 5.82 Å². The van der Waals surface area contributed by atoms with Crippen molar-refractivity contribution < 1.29 is 4.79 Å². The van der Waals surface area contributed by atoms with Crippen molar-refractivity contribution in [2.45, 2.75) is 32.2 Å². The Morgan fingerprint density at radius 2 is 2.04 bits per heavy atom. The topological polar surface area (TPSA) is 97.1 Å². The summed E-state index contributed by atoms with van der Waals surface area (Å²) in [5, 5.41) is 12.1. The van der Waals surface area contributed by atoms with E-state index in [9.17, 15) is 4.79 Å². The number of hydrogen-bond donors (Lipinski definition) is 2. The SMILES string of the molecule is O=C(Cn1nnc(-c2ccccc2)n1)NNC1=NCCCCC1. The van der Waals surface area contributed by atoms with Crippen LogP contribution in [-0.4, -0.2) is 38.5 Å². The minimum absolute atomic E-state index is 0.000113. The Morgan fingerprint density at radius 3 is 2.91 bits per heavy atom. The molecule has 0 bridgehead atoms. The number of amidine groups is 1. The molecular weight excluding hydrogens is 294 g/mol. The average Bonchev–Trinajstić information content (AvgIpc) is 2.88. The lowest BCUT2D eigenvalue weighted by molar-refractivity contribution is -0.122. The fourth-order valence-corrected chi connectivity index (χ4v) is 2.30. The van der Waals surface area contributed by atoms with Gasteiger partial charge in [0, 0.05) is 18.5 Å². The van der Waals surface area contributed by atoms with Crippen molar-refractivity contribution in [3.63, 3.8) is 0 Å². The number of rotatable bonds is 3. The van der Waals surface area contributed by atoms with E-state index in [0.717, 1.165) is 37.2 Å². The summed E-state index contributed by atoms with van der Waals surface area (Å²) in [4.78, 5) is 17.6. The zero-order valence-corrected chi connectivity index (χ0v) is 12.8. The zero-order valence-electron chi connectivity index (χ0n) is 12.8. The van der Waals surface area contributed by atoms with Gasteiger partial charge in [0.15, 0.2) is 0 Å². The van der Waals surface area contributed by atoms with E-state index in [1.807, 2.05) is 30.3 Å². The van der Waals surface area contributed by atoms with Crippen molar-refractivity contribution in [3.05, 3.63) is 30.3 Å². The van der Waals surface area contributed by atoms with E-state index in [2.05, 4.69) is 31.3 Å². The van der Waals surface area contributed by atoms with Crippen LogP contribution in [0.15, 0.2) is 35.3 Å². The van der Waals surface area contributed by atoms with E-state index in [1.165, 1.54) is 11.2 Å². The Balaban J connectivity index is 1.52. The number of aliphatic imine (C=N–C) groups is 1. The molecule has 0 unspecified atom stereocenters. The molecule has 2 aromatic rings. The lowest BCUT2D eigenvalue weighted by Gasteiger charge is -2.09. The highest BCUT2D eigenvalue weighted by atomic mass is 16.2. The maximum atomic E-state index is 11.9. The fourth-order valence-electron chi connectivity index (χ4n) is 2.30. The monoisotopic (exact) mass is 313 g/mol. The van der Waals surface area contributed by atoms with Crippen molar-refractivity contribution in [2.75, 3.05) is 6.54 Å². The van der Waals surface area contributed by atoms with E-state index >= 15 is 0 Å². The van der Waals surface area contributed by atoms with Crippen LogP contribution in [0.3, 0.4) is 0 Å². The molecule has 1 amide bonds. The van der Waals surface area contributed by atoms with E-state index in [4.69, 9.17) is 0 Å². The van der Waals surface area contributed by atoms with Crippen LogP contribution in [0.25, 0.3) is 11.4 Å². The van der Waals surface area contributed by atoms with E-state index < -0.39 is 0 Å². The number of carbonyl (C=O) groups excluding carboxylic acids is 1. The lowest BCUT2D eigenvalue weighted by Crippen LogP contribution is -2.43.